The second-order valence-electron chi connectivity index (χ2n) is 8.08. The van der Waals surface area contributed by atoms with Crippen molar-refractivity contribution >= 4 is 34.3 Å². The zero-order valence-electron chi connectivity index (χ0n) is 15.2. The summed E-state index contributed by atoms with van der Waals surface area (Å²) in [4.78, 5) is 19.9. The first-order valence-corrected chi connectivity index (χ1v) is 10.7. The van der Waals surface area contributed by atoms with Crippen LogP contribution in [0.2, 0.25) is 5.02 Å². The van der Waals surface area contributed by atoms with Crippen LogP contribution < -0.4 is 5.69 Å². The minimum atomic E-state index is -0.396. The minimum Gasteiger partial charge on any atom is -0.493 e. The van der Waals surface area contributed by atoms with E-state index in [-0.39, 0.29) is 11.9 Å². The molecular formula is C19H22ClN3O3S. The van der Waals surface area contributed by atoms with E-state index in [2.05, 4.69) is 9.88 Å². The van der Waals surface area contributed by atoms with Gasteiger partial charge in [-0.25, -0.2) is 4.79 Å². The number of thioether (sulfide) groups is 1. The molecule has 0 radical (unpaired) electrons. The first-order valence-electron chi connectivity index (χ1n) is 9.35. The maximum atomic E-state index is 12.7. The van der Waals surface area contributed by atoms with Gasteiger partial charge in [-0.15, -0.1) is 11.8 Å². The molecule has 2 saturated heterocycles. The third kappa shape index (κ3) is 2.78. The molecule has 1 spiro atoms. The Labute approximate surface area is 166 Å². The largest absolute Gasteiger partial charge is 0.493 e. The van der Waals surface area contributed by atoms with E-state index in [1.54, 1.807) is 16.3 Å². The predicted molar refractivity (Wildman–Crippen MR) is 106 cm³/mol. The van der Waals surface area contributed by atoms with E-state index in [1.165, 1.54) is 0 Å². The van der Waals surface area contributed by atoms with Gasteiger partial charge < -0.3 is 14.7 Å². The molecule has 2 aromatic rings. The zero-order chi connectivity index (χ0) is 18.8. The molecule has 0 unspecified atom stereocenters. The molecule has 1 aromatic carbocycles. The molecule has 1 N–H and O–H groups in total. The van der Waals surface area contributed by atoms with Gasteiger partial charge in [-0.3, -0.25) is 4.57 Å². The molecule has 27 heavy (non-hydrogen) atoms. The fraction of sp³-hybridized carbons (Fsp3) is 0.579. The van der Waals surface area contributed by atoms with E-state index in [1.807, 2.05) is 13.0 Å². The Kier molecular flexibility index (Phi) is 4.20. The van der Waals surface area contributed by atoms with E-state index in [0.29, 0.717) is 15.8 Å². The molecule has 2 fully saturated rings. The van der Waals surface area contributed by atoms with Crippen molar-refractivity contribution in [2.24, 2.45) is 5.41 Å². The maximum absolute atomic E-state index is 12.7. The molecule has 0 bridgehead atoms. The fourth-order valence-corrected chi connectivity index (χ4v) is 6.06. The Hall–Kier alpha value is -1.28. The number of benzene rings is 1. The molecule has 6 nitrogen and oxygen atoms in total. The van der Waals surface area contributed by atoms with Gasteiger partial charge in [0, 0.05) is 17.7 Å². The Bertz CT molecular complexity index is 979. The summed E-state index contributed by atoms with van der Waals surface area (Å²) < 4.78 is 7.17. The van der Waals surface area contributed by atoms with Crippen molar-refractivity contribution < 1.29 is 9.84 Å². The van der Waals surface area contributed by atoms with Crippen molar-refractivity contribution in [2.45, 2.75) is 30.7 Å². The summed E-state index contributed by atoms with van der Waals surface area (Å²) in [6.07, 6.45) is 2.32. The number of ether oxygens (including phenoxy) is 1. The van der Waals surface area contributed by atoms with Crippen LogP contribution in [-0.4, -0.2) is 58.2 Å². The summed E-state index contributed by atoms with van der Waals surface area (Å²) in [6.45, 7) is 6.59. The fourth-order valence-electron chi connectivity index (χ4n) is 4.51. The lowest BCUT2D eigenvalue weighted by atomic mass is 9.77. The average Bonchev–Trinajstić information content (AvgIpc) is 2.62. The number of piperidine rings is 1. The van der Waals surface area contributed by atoms with Crippen LogP contribution in [0.3, 0.4) is 0 Å². The zero-order valence-corrected chi connectivity index (χ0v) is 16.8. The Balaban J connectivity index is 1.50. The second kappa shape index (κ2) is 6.37. The molecule has 3 aliphatic heterocycles. The van der Waals surface area contributed by atoms with Crippen LogP contribution >= 0.6 is 23.4 Å². The SMILES string of the molecule is Cc1cc2c(O)nc(=O)n3c2c(c1Cl)SC[C@@H]3CN1CCC2(CC1)COC2. The quantitative estimate of drug-likeness (QED) is 0.825. The molecule has 0 saturated carbocycles. The van der Waals surface area contributed by atoms with Crippen LogP contribution in [0.15, 0.2) is 15.8 Å². The number of hydrogen-bond donors (Lipinski definition) is 1. The molecule has 8 heteroatoms. The Morgan fingerprint density at radius 2 is 2.15 bits per heavy atom. The molecule has 1 aromatic heterocycles. The summed E-state index contributed by atoms with van der Waals surface area (Å²) in [5.74, 6) is 0.570. The van der Waals surface area contributed by atoms with Crippen molar-refractivity contribution in [3.8, 4) is 5.88 Å². The van der Waals surface area contributed by atoms with Gasteiger partial charge in [-0.2, -0.15) is 4.98 Å². The number of hydrogen-bond acceptors (Lipinski definition) is 6. The molecule has 3 aliphatic rings. The molecular weight excluding hydrogens is 386 g/mol. The summed E-state index contributed by atoms with van der Waals surface area (Å²) >= 11 is 8.19. The number of nitrogens with zero attached hydrogens (tertiary/aromatic N) is 3. The van der Waals surface area contributed by atoms with E-state index in [9.17, 15) is 9.90 Å². The van der Waals surface area contributed by atoms with Crippen LogP contribution in [0, 0.1) is 12.3 Å². The van der Waals surface area contributed by atoms with Crippen LogP contribution in [-0.2, 0) is 4.74 Å². The third-order valence-electron chi connectivity index (χ3n) is 6.25. The number of aromatic nitrogens is 2. The van der Waals surface area contributed by atoms with Crippen LogP contribution in [0.1, 0.15) is 24.4 Å². The van der Waals surface area contributed by atoms with Gasteiger partial charge in [-0.05, 0) is 44.5 Å². The van der Waals surface area contributed by atoms with Gasteiger partial charge in [-0.1, -0.05) is 11.6 Å². The van der Waals surface area contributed by atoms with Crippen LogP contribution in [0.4, 0.5) is 0 Å². The van der Waals surface area contributed by atoms with E-state index >= 15 is 0 Å². The number of likely N-dealkylation sites (tertiary alicyclic amines) is 1. The lowest BCUT2D eigenvalue weighted by Crippen LogP contribution is -2.52. The summed E-state index contributed by atoms with van der Waals surface area (Å²) in [5.41, 5.74) is 1.62. The topological polar surface area (TPSA) is 67.6 Å². The van der Waals surface area contributed by atoms with Gasteiger partial charge in [0.1, 0.15) is 0 Å². The highest BCUT2D eigenvalue weighted by Gasteiger charge is 2.41. The monoisotopic (exact) mass is 407 g/mol. The van der Waals surface area contributed by atoms with Crippen molar-refractivity contribution in [1.29, 1.82) is 0 Å². The molecule has 0 amide bonds. The highest BCUT2D eigenvalue weighted by molar-refractivity contribution is 7.99. The summed E-state index contributed by atoms with van der Waals surface area (Å²) in [6, 6.07) is 1.85. The summed E-state index contributed by atoms with van der Waals surface area (Å²) in [7, 11) is 0. The lowest BCUT2D eigenvalue weighted by molar-refractivity contribution is -0.140. The lowest BCUT2D eigenvalue weighted by Gasteiger charge is -2.48. The normalized spacial score (nSPS) is 24.3. The number of aromatic hydroxyl groups is 1. The highest BCUT2D eigenvalue weighted by atomic mass is 35.5. The molecule has 0 aliphatic carbocycles. The maximum Gasteiger partial charge on any atom is 0.351 e. The van der Waals surface area contributed by atoms with Gasteiger partial charge >= 0.3 is 5.69 Å². The van der Waals surface area contributed by atoms with E-state index in [4.69, 9.17) is 16.3 Å². The second-order valence-corrected chi connectivity index (χ2v) is 9.49. The Morgan fingerprint density at radius 3 is 2.81 bits per heavy atom. The van der Waals surface area contributed by atoms with Gasteiger partial charge in [0.15, 0.2) is 0 Å². The van der Waals surface area contributed by atoms with Crippen molar-refractivity contribution in [3.05, 3.63) is 27.1 Å². The molecule has 5 rings (SSSR count). The molecule has 144 valence electrons. The van der Waals surface area contributed by atoms with E-state index < -0.39 is 5.69 Å². The van der Waals surface area contributed by atoms with Crippen molar-refractivity contribution in [2.75, 3.05) is 38.6 Å². The first-order chi connectivity index (χ1) is 13.0. The van der Waals surface area contributed by atoms with Crippen LogP contribution in [0.5, 0.6) is 5.88 Å². The highest BCUT2D eigenvalue weighted by Crippen LogP contribution is 2.44. The van der Waals surface area contributed by atoms with Gasteiger partial charge in [0.05, 0.1) is 40.1 Å². The smallest absolute Gasteiger partial charge is 0.351 e. The van der Waals surface area contributed by atoms with E-state index in [0.717, 1.165) is 67.4 Å². The van der Waals surface area contributed by atoms with Gasteiger partial charge in [0.25, 0.3) is 0 Å². The number of rotatable bonds is 2. The first kappa shape index (κ1) is 17.8. The number of halogens is 1. The third-order valence-corrected chi connectivity index (χ3v) is 8.09. The van der Waals surface area contributed by atoms with Crippen molar-refractivity contribution in [1.82, 2.24) is 14.5 Å². The minimum absolute atomic E-state index is 0.0241. The number of aryl methyl sites for hydroxylation is 1. The standard InChI is InChI=1S/C19H22ClN3O3S/c1-11-6-13-15-16(14(11)20)27-8-12(23(15)18(25)21-17(13)24)7-22-4-2-19(3-5-22)9-26-10-19/h6,12H,2-5,7-10H2,1H3,(H,21,24,25)/t12-/m0/s1. The Morgan fingerprint density at radius 1 is 1.41 bits per heavy atom. The molecule has 4 heterocycles. The van der Waals surface area contributed by atoms with Crippen molar-refractivity contribution in [3.63, 3.8) is 0 Å². The van der Waals surface area contributed by atoms with Gasteiger partial charge in [0.2, 0.25) is 5.88 Å². The summed E-state index contributed by atoms with van der Waals surface area (Å²) in [5, 5.41) is 11.5. The van der Waals surface area contributed by atoms with Crippen LogP contribution in [0.25, 0.3) is 10.9 Å². The average molecular weight is 408 g/mol. The predicted octanol–water partition coefficient (Wildman–Crippen LogP) is 2.82. The molecule has 1 atom stereocenters.